The standard InChI is InChI=1S/C13H18ClNO3/c1-7-4-9-12(14)8(10(16)6-15-2)5-11(17-3)13(9)18-7/h5,7,10,15-16H,4,6H2,1-3H3. The Kier molecular flexibility index (Phi) is 4.00. The van der Waals surface area contributed by atoms with Gasteiger partial charge in [0.2, 0.25) is 0 Å². The lowest BCUT2D eigenvalue weighted by Gasteiger charge is -2.16. The van der Waals surface area contributed by atoms with Gasteiger partial charge in [0.15, 0.2) is 11.5 Å². The van der Waals surface area contributed by atoms with Crippen molar-refractivity contribution in [3.63, 3.8) is 0 Å². The molecule has 1 aliphatic rings. The maximum Gasteiger partial charge on any atom is 0.166 e. The van der Waals surface area contributed by atoms with Crippen molar-refractivity contribution >= 4 is 11.6 Å². The minimum atomic E-state index is -0.655. The topological polar surface area (TPSA) is 50.7 Å². The fraction of sp³-hybridized carbons (Fsp3) is 0.538. The molecule has 5 heteroatoms. The fourth-order valence-electron chi connectivity index (χ4n) is 2.23. The molecule has 0 spiro atoms. The SMILES string of the molecule is CNCC(O)c1cc(OC)c2c(c1Cl)CC(C)O2. The van der Waals surface area contributed by atoms with Gasteiger partial charge in [-0.05, 0) is 20.0 Å². The Bertz CT molecular complexity index is 450. The zero-order valence-electron chi connectivity index (χ0n) is 10.8. The highest BCUT2D eigenvalue weighted by Crippen LogP contribution is 2.45. The second-order valence-corrected chi connectivity index (χ2v) is 4.87. The van der Waals surface area contributed by atoms with E-state index in [0.29, 0.717) is 28.6 Å². The van der Waals surface area contributed by atoms with Gasteiger partial charge in [0.05, 0.1) is 18.2 Å². The first-order valence-corrected chi connectivity index (χ1v) is 6.34. The summed E-state index contributed by atoms with van der Waals surface area (Å²) in [7, 11) is 3.37. The van der Waals surface area contributed by atoms with Crippen LogP contribution in [0.25, 0.3) is 0 Å². The molecule has 0 saturated carbocycles. The number of nitrogens with one attached hydrogen (secondary N) is 1. The molecule has 1 heterocycles. The third kappa shape index (κ3) is 2.28. The molecule has 2 N–H and O–H groups in total. The van der Waals surface area contributed by atoms with Crippen LogP contribution in [0.3, 0.4) is 0 Å². The van der Waals surface area contributed by atoms with Gasteiger partial charge in [0.1, 0.15) is 6.10 Å². The van der Waals surface area contributed by atoms with E-state index >= 15 is 0 Å². The zero-order valence-corrected chi connectivity index (χ0v) is 11.5. The molecule has 2 unspecified atom stereocenters. The second-order valence-electron chi connectivity index (χ2n) is 4.50. The van der Waals surface area contributed by atoms with E-state index < -0.39 is 6.10 Å². The number of halogens is 1. The van der Waals surface area contributed by atoms with Crippen LogP contribution < -0.4 is 14.8 Å². The number of ether oxygens (including phenoxy) is 2. The normalized spacial score (nSPS) is 19.3. The molecular formula is C13H18ClNO3. The number of hydrogen-bond acceptors (Lipinski definition) is 4. The van der Waals surface area contributed by atoms with E-state index in [2.05, 4.69) is 5.32 Å². The quantitative estimate of drug-likeness (QED) is 0.879. The third-order valence-electron chi connectivity index (χ3n) is 3.09. The highest BCUT2D eigenvalue weighted by molar-refractivity contribution is 6.32. The van der Waals surface area contributed by atoms with Crippen LogP contribution in [0.1, 0.15) is 24.2 Å². The predicted molar refractivity (Wildman–Crippen MR) is 70.7 cm³/mol. The van der Waals surface area contributed by atoms with E-state index in [4.69, 9.17) is 21.1 Å². The maximum absolute atomic E-state index is 10.1. The number of aliphatic hydroxyl groups excluding tert-OH is 1. The largest absolute Gasteiger partial charge is 0.493 e. The molecule has 0 bridgehead atoms. The number of fused-ring (bicyclic) bond motifs is 1. The number of likely N-dealkylation sites (N-methyl/N-ethyl adjacent to an activating group) is 1. The third-order valence-corrected chi connectivity index (χ3v) is 3.54. The highest BCUT2D eigenvalue weighted by Gasteiger charge is 2.29. The molecule has 0 amide bonds. The van der Waals surface area contributed by atoms with Gasteiger partial charge in [0.25, 0.3) is 0 Å². The number of hydrogen-bond donors (Lipinski definition) is 2. The van der Waals surface area contributed by atoms with Gasteiger partial charge in [0, 0.05) is 24.1 Å². The van der Waals surface area contributed by atoms with Gasteiger partial charge in [-0.1, -0.05) is 11.6 Å². The van der Waals surface area contributed by atoms with Gasteiger partial charge in [-0.3, -0.25) is 0 Å². The Hall–Kier alpha value is -0.970. The van der Waals surface area contributed by atoms with E-state index in [9.17, 15) is 5.11 Å². The minimum Gasteiger partial charge on any atom is -0.493 e. The lowest BCUT2D eigenvalue weighted by Crippen LogP contribution is -2.17. The first-order valence-electron chi connectivity index (χ1n) is 5.97. The zero-order chi connectivity index (χ0) is 13.3. The monoisotopic (exact) mass is 271 g/mol. The van der Waals surface area contributed by atoms with E-state index in [0.717, 1.165) is 12.0 Å². The average Bonchev–Trinajstić information content (AvgIpc) is 2.72. The van der Waals surface area contributed by atoms with Crippen molar-refractivity contribution in [2.75, 3.05) is 20.7 Å². The first kappa shape index (κ1) is 13.5. The van der Waals surface area contributed by atoms with Crippen molar-refractivity contribution in [3.05, 3.63) is 22.2 Å². The summed E-state index contributed by atoms with van der Waals surface area (Å²) in [5.74, 6) is 1.33. The van der Waals surface area contributed by atoms with Crippen molar-refractivity contribution in [1.29, 1.82) is 0 Å². The average molecular weight is 272 g/mol. The van der Waals surface area contributed by atoms with E-state index in [1.54, 1.807) is 20.2 Å². The Labute approximate surface area is 112 Å². The molecule has 1 aliphatic heterocycles. The van der Waals surface area contributed by atoms with Gasteiger partial charge in [-0.2, -0.15) is 0 Å². The molecule has 0 saturated heterocycles. The van der Waals surface area contributed by atoms with Crippen molar-refractivity contribution in [1.82, 2.24) is 5.32 Å². The smallest absolute Gasteiger partial charge is 0.166 e. The fourth-order valence-corrected chi connectivity index (χ4v) is 2.58. The molecule has 18 heavy (non-hydrogen) atoms. The van der Waals surface area contributed by atoms with Crippen molar-refractivity contribution in [2.24, 2.45) is 0 Å². The summed E-state index contributed by atoms with van der Waals surface area (Å²) in [5, 5.41) is 13.6. The number of rotatable bonds is 4. The number of methoxy groups -OCH3 is 1. The maximum atomic E-state index is 10.1. The molecule has 4 nitrogen and oxygen atoms in total. The summed E-state index contributed by atoms with van der Waals surface area (Å²) in [4.78, 5) is 0. The summed E-state index contributed by atoms with van der Waals surface area (Å²) >= 11 is 6.36. The van der Waals surface area contributed by atoms with Crippen LogP contribution in [0.2, 0.25) is 5.02 Å². The summed E-state index contributed by atoms with van der Waals surface area (Å²) in [6.45, 7) is 2.43. The van der Waals surface area contributed by atoms with E-state index in [1.165, 1.54) is 0 Å². The van der Waals surface area contributed by atoms with Crippen molar-refractivity contribution in [3.8, 4) is 11.5 Å². The minimum absolute atomic E-state index is 0.0862. The van der Waals surface area contributed by atoms with E-state index in [-0.39, 0.29) is 6.10 Å². The summed E-state index contributed by atoms with van der Waals surface area (Å²) in [6, 6.07) is 1.75. The highest BCUT2D eigenvalue weighted by atomic mass is 35.5. The Morgan fingerprint density at radius 1 is 1.67 bits per heavy atom. The molecule has 2 atom stereocenters. The summed E-state index contributed by atoms with van der Waals surface area (Å²) < 4.78 is 11.0. The van der Waals surface area contributed by atoms with E-state index in [1.807, 2.05) is 6.92 Å². The summed E-state index contributed by atoms with van der Waals surface area (Å²) in [6.07, 6.45) is 0.172. The molecule has 1 aromatic carbocycles. The molecular weight excluding hydrogens is 254 g/mol. The lowest BCUT2D eigenvalue weighted by atomic mass is 10.0. The predicted octanol–water partition coefficient (Wildman–Crippen LogP) is 1.92. The van der Waals surface area contributed by atoms with Gasteiger partial charge >= 0.3 is 0 Å². The Morgan fingerprint density at radius 3 is 3.00 bits per heavy atom. The van der Waals surface area contributed by atoms with Crippen LogP contribution in [0.5, 0.6) is 11.5 Å². The Balaban J connectivity index is 2.47. The molecule has 0 fully saturated rings. The molecule has 100 valence electrons. The number of benzene rings is 1. The number of aliphatic hydroxyl groups is 1. The van der Waals surface area contributed by atoms with Gasteiger partial charge in [-0.25, -0.2) is 0 Å². The van der Waals surface area contributed by atoms with Crippen LogP contribution in [0.4, 0.5) is 0 Å². The second kappa shape index (κ2) is 5.34. The van der Waals surface area contributed by atoms with Gasteiger partial charge < -0.3 is 19.9 Å². The lowest BCUT2D eigenvalue weighted by molar-refractivity contribution is 0.177. The van der Waals surface area contributed by atoms with Gasteiger partial charge in [-0.15, -0.1) is 0 Å². The molecule has 0 aliphatic carbocycles. The molecule has 2 rings (SSSR count). The molecule has 0 radical (unpaired) electrons. The van der Waals surface area contributed by atoms with Crippen molar-refractivity contribution in [2.45, 2.75) is 25.6 Å². The molecule has 1 aromatic rings. The van der Waals surface area contributed by atoms with Crippen LogP contribution in [-0.2, 0) is 6.42 Å². The van der Waals surface area contributed by atoms with Crippen LogP contribution in [-0.4, -0.2) is 31.9 Å². The van der Waals surface area contributed by atoms with Crippen molar-refractivity contribution < 1.29 is 14.6 Å². The first-order chi connectivity index (χ1) is 8.58. The van der Waals surface area contributed by atoms with Crippen LogP contribution in [0.15, 0.2) is 6.07 Å². The summed E-state index contributed by atoms with van der Waals surface area (Å²) in [5.41, 5.74) is 1.60. The van der Waals surface area contributed by atoms with Crippen LogP contribution >= 0.6 is 11.6 Å². The molecule has 0 aromatic heterocycles. The van der Waals surface area contributed by atoms with Crippen LogP contribution in [0, 0.1) is 0 Å². The Morgan fingerprint density at radius 2 is 2.39 bits per heavy atom.